The number of hydrogen-bond donors (Lipinski definition) is 4. The minimum absolute atomic E-state index is 0.0160. The number of carbonyl (C=O) groups is 2. The number of carbonyl (C=O) groups excluding carboxylic acids is 1. The van der Waals surface area contributed by atoms with Crippen molar-refractivity contribution >= 4 is 23.8 Å². The Bertz CT molecular complexity index is 269. The summed E-state index contributed by atoms with van der Waals surface area (Å²) in [6, 6.07) is -0.103. The third kappa shape index (κ3) is 5.78. The molecule has 0 aliphatic carbocycles. The van der Waals surface area contributed by atoms with E-state index in [4.69, 9.17) is 10.2 Å². The molecule has 1 fully saturated rings. The molecule has 0 aromatic rings. The van der Waals surface area contributed by atoms with E-state index < -0.39 is 12.1 Å². The fraction of sp³-hybridized carbons (Fsp3) is 0.800. The maximum Gasteiger partial charge on any atom is 0.332 e. The quantitative estimate of drug-likeness (QED) is 0.560. The maximum absolute atomic E-state index is 11.4. The lowest BCUT2D eigenvalue weighted by Gasteiger charge is -2.22. The van der Waals surface area contributed by atoms with E-state index in [1.807, 2.05) is 11.8 Å². The van der Waals surface area contributed by atoms with Gasteiger partial charge in [0.1, 0.15) is 0 Å². The largest absolute Gasteiger partial charge is 0.479 e. The molecule has 4 N–H and O–H groups in total. The molecule has 6 nitrogen and oxygen atoms in total. The number of thioether (sulfide) groups is 1. The Morgan fingerprint density at radius 1 is 1.47 bits per heavy atom. The van der Waals surface area contributed by atoms with Crippen LogP contribution in [-0.2, 0) is 4.79 Å². The Balaban J connectivity index is 2.10. The number of amides is 2. The molecule has 2 unspecified atom stereocenters. The smallest absolute Gasteiger partial charge is 0.332 e. The molecule has 1 aliphatic heterocycles. The van der Waals surface area contributed by atoms with E-state index in [2.05, 4.69) is 10.6 Å². The second kappa shape index (κ2) is 7.39. The van der Waals surface area contributed by atoms with Gasteiger partial charge in [-0.25, -0.2) is 9.59 Å². The van der Waals surface area contributed by atoms with Crippen molar-refractivity contribution in [2.75, 3.05) is 18.1 Å². The Morgan fingerprint density at radius 3 is 2.82 bits per heavy atom. The second-order valence-corrected chi connectivity index (χ2v) is 5.11. The molecular formula is C10H18N2O4S. The van der Waals surface area contributed by atoms with E-state index in [1.165, 1.54) is 0 Å². The normalized spacial score (nSPS) is 21.6. The van der Waals surface area contributed by atoms with Crippen LogP contribution in [0.5, 0.6) is 0 Å². The molecule has 17 heavy (non-hydrogen) atoms. The Labute approximate surface area is 104 Å². The average molecular weight is 262 g/mol. The van der Waals surface area contributed by atoms with Crippen molar-refractivity contribution in [2.24, 2.45) is 0 Å². The Morgan fingerprint density at radius 2 is 2.24 bits per heavy atom. The molecule has 1 rings (SSSR count). The number of aliphatic carboxylic acids is 1. The van der Waals surface area contributed by atoms with Crippen LogP contribution < -0.4 is 10.6 Å². The topological polar surface area (TPSA) is 98.7 Å². The van der Waals surface area contributed by atoms with Gasteiger partial charge in [-0.3, -0.25) is 0 Å². The molecular weight excluding hydrogens is 244 g/mol. The van der Waals surface area contributed by atoms with Crippen molar-refractivity contribution in [3.63, 3.8) is 0 Å². The Kier molecular flexibility index (Phi) is 6.13. The SMILES string of the molecule is O=C(NCCC(O)C(=O)O)NC1CCCSC1. The van der Waals surface area contributed by atoms with E-state index in [0.29, 0.717) is 0 Å². The van der Waals surface area contributed by atoms with E-state index in [1.54, 1.807) is 0 Å². The standard InChI is InChI=1S/C10H18N2O4S/c13-8(9(14)15)3-4-11-10(16)12-7-2-1-5-17-6-7/h7-8,13H,1-6H2,(H,14,15)(H2,11,12,16). The van der Waals surface area contributed by atoms with E-state index in [9.17, 15) is 9.59 Å². The summed E-state index contributed by atoms with van der Waals surface area (Å²) < 4.78 is 0. The molecule has 1 saturated heterocycles. The fourth-order valence-corrected chi connectivity index (χ4v) is 2.61. The van der Waals surface area contributed by atoms with E-state index in [-0.39, 0.29) is 25.0 Å². The van der Waals surface area contributed by atoms with Gasteiger partial charge in [0.15, 0.2) is 6.10 Å². The molecule has 7 heteroatoms. The van der Waals surface area contributed by atoms with Gasteiger partial charge in [-0.2, -0.15) is 11.8 Å². The van der Waals surface area contributed by atoms with Gasteiger partial charge in [0.2, 0.25) is 0 Å². The van der Waals surface area contributed by atoms with Crippen molar-refractivity contribution in [3.8, 4) is 0 Å². The predicted molar refractivity (Wildman–Crippen MR) is 65.1 cm³/mol. The molecule has 0 radical (unpaired) electrons. The predicted octanol–water partition coefficient (Wildman–Crippen LogP) is 0.0168. The van der Waals surface area contributed by atoms with Gasteiger partial charge in [-0.1, -0.05) is 0 Å². The zero-order valence-corrected chi connectivity index (χ0v) is 10.3. The second-order valence-electron chi connectivity index (χ2n) is 3.96. The third-order valence-corrected chi connectivity index (χ3v) is 3.70. The minimum Gasteiger partial charge on any atom is -0.479 e. The highest BCUT2D eigenvalue weighted by Gasteiger charge is 2.16. The van der Waals surface area contributed by atoms with Gasteiger partial charge in [0, 0.05) is 24.8 Å². The summed E-state index contributed by atoms with van der Waals surface area (Å²) in [5, 5.41) is 22.8. The molecule has 0 aromatic heterocycles. The van der Waals surface area contributed by atoms with Gasteiger partial charge in [-0.15, -0.1) is 0 Å². The summed E-state index contributed by atoms with van der Waals surface area (Å²) in [5.74, 6) is 0.798. The summed E-state index contributed by atoms with van der Waals surface area (Å²) in [6.07, 6.45) is 0.689. The highest BCUT2D eigenvalue weighted by molar-refractivity contribution is 7.99. The van der Waals surface area contributed by atoms with E-state index in [0.717, 1.165) is 24.3 Å². The molecule has 0 saturated carbocycles. The van der Waals surface area contributed by atoms with Crippen LogP contribution in [0.3, 0.4) is 0 Å². The number of carboxylic acids is 1. The van der Waals surface area contributed by atoms with Crippen LogP contribution in [-0.4, -0.2) is 52.4 Å². The first-order valence-electron chi connectivity index (χ1n) is 5.62. The van der Waals surface area contributed by atoms with Crippen molar-refractivity contribution in [2.45, 2.75) is 31.4 Å². The first kappa shape index (κ1) is 14.1. The molecule has 2 atom stereocenters. The van der Waals surface area contributed by atoms with Crippen LogP contribution in [0.4, 0.5) is 4.79 Å². The summed E-state index contributed by atoms with van der Waals surface area (Å²) in [7, 11) is 0. The highest BCUT2D eigenvalue weighted by Crippen LogP contribution is 2.16. The minimum atomic E-state index is -1.42. The molecule has 0 bridgehead atoms. The van der Waals surface area contributed by atoms with Crippen molar-refractivity contribution in [1.82, 2.24) is 10.6 Å². The number of aliphatic hydroxyl groups excluding tert-OH is 1. The summed E-state index contributed by atoms with van der Waals surface area (Å²) in [6.45, 7) is 0.152. The lowest BCUT2D eigenvalue weighted by molar-refractivity contribution is -0.146. The molecule has 1 aliphatic rings. The summed E-state index contributed by atoms with van der Waals surface area (Å²) >= 11 is 1.82. The fourth-order valence-electron chi connectivity index (χ4n) is 1.54. The lowest BCUT2D eigenvalue weighted by Crippen LogP contribution is -2.45. The van der Waals surface area contributed by atoms with Crippen LogP contribution in [0.25, 0.3) is 0 Å². The number of aliphatic hydroxyl groups is 1. The van der Waals surface area contributed by atoms with E-state index >= 15 is 0 Å². The number of urea groups is 1. The number of carboxylic acid groups (broad SMARTS) is 1. The summed E-state index contributed by atoms with van der Waals surface area (Å²) in [4.78, 5) is 21.7. The van der Waals surface area contributed by atoms with Crippen LogP contribution in [0.2, 0.25) is 0 Å². The monoisotopic (exact) mass is 262 g/mol. The van der Waals surface area contributed by atoms with Crippen LogP contribution in [0, 0.1) is 0 Å². The molecule has 0 spiro atoms. The van der Waals surface area contributed by atoms with Crippen LogP contribution >= 0.6 is 11.8 Å². The molecule has 2 amide bonds. The van der Waals surface area contributed by atoms with Gasteiger partial charge < -0.3 is 20.8 Å². The number of nitrogens with one attached hydrogen (secondary N) is 2. The van der Waals surface area contributed by atoms with Gasteiger partial charge >= 0.3 is 12.0 Å². The van der Waals surface area contributed by atoms with Crippen LogP contribution in [0.15, 0.2) is 0 Å². The molecule has 1 heterocycles. The van der Waals surface area contributed by atoms with Crippen molar-refractivity contribution in [1.29, 1.82) is 0 Å². The first-order chi connectivity index (χ1) is 8.09. The third-order valence-electron chi connectivity index (χ3n) is 2.48. The number of hydrogen-bond acceptors (Lipinski definition) is 4. The van der Waals surface area contributed by atoms with Gasteiger partial charge in [-0.05, 0) is 18.6 Å². The van der Waals surface area contributed by atoms with Crippen molar-refractivity contribution < 1.29 is 19.8 Å². The van der Waals surface area contributed by atoms with Gasteiger partial charge in [0.25, 0.3) is 0 Å². The number of rotatable bonds is 5. The zero-order chi connectivity index (χ0) is 12.7. The van der Waals surface area contributed by atoms with Crippen molar-refractivity contribution in [3.05, 3.63) is 0 Å². The Hall–Kier alpha value is -0.950. The lowest BCUT2D eigenvalue weighted by atomic mass is 10.2. The van der Waals surface area contributed by atoms with Gasteiger partial charge in [0.05, 0.1) is 0 Å². The average Bonchev–Trinajstić information content (AvgIpc) is 2.30. The summed E-state index contributed by atoms with van der Waals surface area (Å²) in [5.41, 5.74) is 0. The maximum atomic E-state index is 11.4. The zero-order valence-electron chi connectivity index (χ0n) is 9.52. The van der Waals surface area contributed by atoms with Crippen LogP contribution in [0.1, 0.15) is 19.3 Å². The molecule has 98 valence electrons. The highest BCUT2D eigenvalue weighted by atomic mass is 32.2. The molecule has 0 aromatic carbocycles. The first-order valence-corrected chi connectivity index (χ1v) is 6.78.